The van der Waals surface area contributed by atoms with Crippen LogP contribution in [-0.4, -0.2) is 28.3 Å². The molecule has 0 saturated heterocycles. The average molecular weight is 269 g/mol. The lowest BCUT2D eigenvalue weighted by Crippen LogP contribution is -2.43. The van der Waals surface area contributed by atoms with Gasteiger partial charge in [0.2, 0.25) is 0 Å². The molecule has 2 nitrogen and oxygen atoms in total. The monoisotopic (exact) mass is 269 g/mol. The third-order valence-electron chi connectivity index (χ3n) is 3.74. The van der Waals surface area contributed by atoms with Crippen molar-refractivity contribution in [3.63, 3.8) is 0 Å². The first-order chi connectivity index (χ1) is 8.56. The molecular formula is C14H20FNOS. The number of hydrogen-bond donors (Lipinski definition) is 1. The van der Waals surface area contributed by atoms with E-state index >= 15 is 0 Å². The van der Waals surface area contributed by atoms with Gasteiger partial charge in [-0.1, -0.05) is 12.1 Å². The first-order valence-electron chi connectivity index (χ1n) is 6.37. The summed E-state index contributed by atoms with van der Waals surface area (Å²) in [5.41, 5.74) is 1.22. The highest BCUT2D eigenvalue weighted by Gasteiger charge is 2.30. The fourth-order valence-electron chi connectivity index (χ4n) is 2.24. The van der Waals surface area contributed by atoms with E-state index in [1.54, 1.807) is 6.26 Å². The highest BCUT2D eigenvalue weighted by molar-refractivity contribution is 7.84. The van der Waals surface area contributed by atoms with Crippen LogP contribution >= 0.6 is 0 Å². The molecule has 100 valence electrons. The second-order valence-corrected chi connectivity index (χ2v) is 6.94. The minimum atomic E-state index is -0.756. The average Bonchev–Trinajstić information content (AvgIpc) is 2.28. The van der Waals surface area contributed by atoms with Crippen LogP contribution in [-0.2, 0) is 10.8 Å². The largest absolute Gasteiger partial charge is 0.313 e. The summed E-state index contributed by atoms with van der Waals surface area (Å²) in [4.78, 5) is 0. The molecule has 0 heterocycles. The van der Waals surface area contributed by atoms with Gasteiger partial charge in [-0.25, -0.2) is 4.39 Å². The Morgan fingerprint density at radius 3 is 2.56 bits per heavy atom. The van der Waals surface area contributed by atoms with Crippen LogP contribution in [0.4, 0.5) is 4.39 Å². The molecule has 2 atom stereocenters. The van der Waals surface area contributed by atoms with Crippen molar-refractivity contribution in [1.82, 2.24) is 5.32 Å². The van der Waals surface area contributed by atoms with Gasteiger partial charge in [0.15, 0.2) is 0 Å². The van der Waals surface area contributed by atoms with Crippen LogP contribution < -0.4 is 5.32 Å². The van der Waals surface area contributed by atoms with E-state index in [0.717, 1.165) is 19.4 Å². The van der Waals surface area contributed by atoms with Crippen molar-refractivity contribution < 1.29 is 8.60 Å². The zero-order valence-electron chi connectivity index (χ0n) is 10.9. The first kappa shape index (κ1) is 13.7. The third-order valence-corrected chi connectivity index (χ3v) is 5.04. The Bertz CT molecular complexity index is 414. The van der Waals surface area contributed by atoms with Gasteiger partial charge >= 0.3 is 0 Å². The van der Waals surface area contributed by atoms with E-state index in [2.05, 4.69) is 5.32 Å². The minimum absolute atomic E-state index is 0.174. The summed E-state index contributed by atoms with van der Waals surface area (Å²) in [6.45, 7) is 2.81. The maximum absolute atomic E-state index is 12.8. The molecule has 1 aliphatic carbocycles. The summed E-state index contributed by atoms with van der Waals surface area (Å²) in [5.74, 6) is 0.373. The summed E-state index contributed by atoms with van der Waals surface area (Å²) >= 11 is 0. The molecule has 2 rings (SSSR count). The quantitative estimate of drug-likeness (QED) is 0.889. The van der Waals surface area contributed by atoms with Crippen LogP contribution in [0, 0.1) is 5.82 Å². The van der Waals surface area contributed by atoms with Crippen molar-refractivity contribution in [2.75, 3.05) is 12.8 Å². The molecule has 4 heteroatoms. The third kappa shape index (κ3) is 3.39. The normalized spacial score (nSPS) is 26.4. The summed E-state index contributed by atoms with van der Waals surface area (Å²) in [5, 5.41) is 3.65. The second kappa shape index (κ2) is 5.93. The Labute approximate surface area is 110 Å². The molecule has 1 aromatic carbocycles. The van der Waals surface area contributed by atoms with Gasteiger partial charge in [-0.2, -0.15) is 0 Å². The molecule has 1 saturated carbocycles. The molecule has 1 fully saturated rings. The van der Waals surface area contributed by atoms with Gasteiger partial charge in [-0.15, -0.1) is 0 Å². The highest BCUT2D eigenvalue weighted by Crippen LogP contribution is 2.36. The van der Waals surface area contributed by atoms with E-state index < -0.39 is 10.8 Å². The van der Waals surface area contributed by atoms with Crippen molar-refractivity contribution in [2.24, 2.45) is 0 Å². The van der Waals surface area contributed by atoms with Crippen molar-refractivity contribution in [2.45, 2.75) is 37.0 Å². The molecule has 0 aliphatic heterocycles. The first-order valence-corrected chi connectivity index (χ1v) is 7.99. The molecule has 0 unspecified atom stereocenters. The molecule has 1 aromatic rings. The van der Waals surface area contributed by atoms with Gasteiger partial charge in [0.05, 0.1) is 0 Å². The molecule has 1 N–H and O–H groups in total. The van der Waals surface area contributed by atoms with E-state index in [0.29, 0.717) is 12.0 Å². The lowest BCUT2D eigenvalue weighted by atomic mass is 9.76. The maximum atomic E-state index is 12.8. The number of rotatable bonds is 5. The van der Waals surface area contributed by atoms with Crippen LogP contribution in [0.25, 0.3) is 0 Å². The zero-order chi connectivity index (χ0) is 13.1. The molecular weight excluding hydrogens is 249 g/mol. The lowest BCUT2D eigenvalue weighted by Gasteiger charge is -2.37. The number of nitrogens with one attached hydrogen (secondary N) is 1. The molecule has 0 aromatic heterocycles. The zero-order valence-corrected chi connectivity index (χ0v) is 11.7. The minimum Gasteiger partial charge on any atom is -0.313 e. The Morgan fingerprint density at radius 1 is 1.39 bits per heavy atom. The Hall–Kier alpha value is -0.740. The summed E-state index contributed by atoms with van der Waals surface area (Å²) in [6.07, 6.45) is 3.93. The SMILES string of the molecule is C[C@H](CNC1CC(c2ccc(F)cc2)C1)[S@@](C)=O. The number of hydrogen-bond acceptors (Lipinski definition) is 2. The van der Waals surface area contributed by atoms with Gasteiger partial charge in [0.1, 0.15) is 5.82 Å². The fourth-order valence-corrected chi connectivity index (χ4v) is 2.57. The van der Waals surface area contributed by atoms with Gasteiger partial charge < -0.3 is 5.32 Å². The topological polar surface area (TPSA) is 29.1 Å². The maximum Gasteiger partial charge on any atom is 0.123 e. The van der Waals surface area contributed by atoms with Crippen molar-refractivity contribution in [3.8, 4) is 0 Å². The van der Waals surface area contributed by atoms with Crippen LogP contribution in [0.15, 0.2) is 24.3 Å². The smallest absolute Gasteiger partial charge is 0.123 e. The molecule has 0 radical (unpaired) electrons. The molecule has 0 amide bonds. The lowest BCUT2D eigenvalue weighted by molar-refractivity contribution is 0.292. The summed E-state index contributed by atoms with van der Waals surface area (Å²) < 4.78 is 24.0. The Morgan fingerprint density at radius 2 is 2.00 bits per heavy atom. The van der Waals surface area contributed by atoms with Gasteiger partial charge in [-0.3, -0.25) is 4.21 Å². The predicted molar refractivity (Wildman–Crippen MR) is 73.7 cm³/mol. The number of benzene rings is 1. The van der Waals surface area contributed by atoms with Crippen molar-refractivity contribution in [1.29, 1.82) is 0 Å². The van der Waals surface area contributed by atoms with Crippen LogP contribution in [0.3, 0.4) is 0 Å². The van der Waals surface area contributed by atoms with Crippen LogP contribution in [0.5, 0.6) is 0 Å². The van der Waals surface area contributed by atoms with E-state index in [4.69, 9.17) is 0 Å². The summed E-state index contributed by atoms with van der Waals surface area (Å²) in [6, 6.07) is 7.32. The van der Waals surface area contributed by atoms with Crippen molar-refractivity contribution >= 4 is 10.8 Å². The number of halogens is 1. The summed E-state index contributed by atoms with van der Waals surface area (Å²) in [7, 11) is -0.756. The second-order valence-electron chi connectivity index (χ2n) is 5.13. The Balaban J connectivity index is 1.74. The standard InChI is InChI=1S/C14H20FNOS/c1-10(18(2)17)9-16-14-7-12(8-14)11-3-5-13(15)6-4-11/h3-6,10,12,14,16H,7-9H2,1-2H3/t10-,12?,14?,18-/m1/s1. The van der Waals surface area contributed by atoms with Crippen LogP contribution in [0.2, 0.25) is 0 Å². The van der Waals surface area contributed by atoms with Gasteiger partial charge in [0.25, 0.3) is 0 Å². The molecule has 0 spiro atoms. The molecule has 18 heavy (non-hydrogen) atoms. The highest BCUT2D eigenvalue weighted by atomic mass is 32.2. The van der Waals surface area contributed by atoms with Gasteiger partial charge in [0, 0.05) is 34.9 Å². The van der Waals surface area contributed by atoms with Gasteiger partial charge in [-0.05, 0) is 43.4 Å². The van der Waals surface area contributed by atoms with E-state index in [1.807, 2.05) is 19.1 Å². The fraction of sp³-hybridized carbons (Fsp3) is 0.571. The molecule has 1 aliphatic rings. The van der Waals surface area contributed by atoms with Crippen LogP contribution in [0.1, 0.15) is 31.2 Å². The Kier molecular flexibility index (Phi) is 4.51. The molecule has 0 bridgehead atoms. The van der Waals surface area contributed by atoms with E-state index in [1.165, 1.54) is 17.7 Å². The van der Waals surface area contributed by atoms with E-state index in [9.17, 15) is 8.60 Å². The predicted octanol–water partition coefficient (Wildman–Crippen LogP) is 2.43. The van der Waals surface area contributed by atoms with Crippen molar-refractivity contribution in [3.05, 3.63) is 35.6 Å². The van der Waals surface area contributed by atoms with E-state index in [-0.39, 0.29) is 11.1 Å².